The van der Waals surface area contributed by atoms with Gasteiger partial charge in [0, 0.05) is 7.05 Å². The van der Waals surface area contributed by atoms with Crippen LogP contribution in [0.25, 0.3) is 10.2 Å². The van der Waals surface area contributed by atoms with Gasteiger partial charge in [0.05, 0.1) is 16.3 Å². The Hall–Kier alpha value is -2.77. The van der Waals surface area contributed by atoms with Crippen molar-refractivity contribution >= 4 is 38.5 Å². The van der Waals surface area contributed by atoms with Crippen molar-refractivity contribution in [2.75, 3.05) is 19.0 Å². The monoisotopic (exact) mass is 381 g/mol. The number of hydrogen-bond donors (Lipinski definition) is 1. The number of hydrogen-bond acceptors (Lipinski definition) is 5. The van der Waals surface area contributed by atoms with Crippen molar-refractivity contribution < 1.29 is 14.3 Å². The normalized spacial score (nSPS) is 20.1. The second-order valence-corrected chi connectivity index (χ2v) is 7.60. The number of amides is 2. The number of morpholine rings is 1. The molecule has 0 bridgehead atoms. The fourth-order valence-electron chi connectivity index (χ4n) is 3.20. The molecule has 0 unspecified atom stereocenters. The smallest absolute Gasteiger partial charge is 0.257 e. The molecule has 1 aromatic heterocycles. The third kappa shape index (κ3) is 3.43. The molecule has 1 aliphatic rings. The Kier molecular flexibility index (Phi) is 4.63. The first-order valence-corrected chi connectivity index (χ1v) is 9.45. The highest BCUT2D eigenvalue weighted by Crippen LogP contribution is 2.31. The van der Waals surface area contributed by atoms with Crippen molar-refractivity contribution in [3.63, 3.8) is 0 Å². The molecule has 6 nitrogen and oxygen atoms in total. The number of anilines is 1. The lowest BCUT2D eigenvalue weighted by molar-refractivity contribution is -0.160. The topological polar surface area (TPSA) is 71.5 Å². The number of nitrogens with zero attached hydrogens (tertiary/aromatic N) is 2. The molecule has 4 rings (SSSR count). The Morgan fingerprint density at radius 3 is 2.70 bits per heavy atom. The van der Waals surface area contributed by atoms with E-state index in [4.69, 9.17) is 4.74 Å². The minimum Gasteiger partial charge on any atom is -0.356 e. The van der Waals surface area contributed by atoms with Crippen LogP contribution in [0, 0.1) is 6.92 Å². The van der Waals surface area contributed by atoms with Crippen LogP contribution >= 0.6 is 11.3 Å². The number of rotatable bonds is 3. The van der Waals surface area contributed by atoms with E-state index < -0.39 is 12.1 Å². The number of carbonyl (C=O) groups excluding carboxylic acids is 2. The number of aryl methyl sites for hydroxylation is 1. The van der Waals surface area contributed by atoms with E-state index in [9.17, 15) is 9.59 Å². The zero-order chi connectivity index (χ0) is 19.0. The van der Waals surface area contributed by atoms with Gasteiger partial charge >= 0.3 is 0 Å². The maximum absolute atomic E-state index is 12.9. The first-order chi connectivity index (χ1) is 13.0. The van der Waals surface area contributed by atoms with Crippen LogP contribution in [-0.2, 0) is 14.3 Å². The van der Waals surface area contributed by atoms with Gasteiger partial charge in [0.2, 0.25) is 5.91 Å². The molecule has 0 radical (unpaired) electrons. The van der Waals surface area contributed by atoms with Crippen LogP contribution in [0.15, 0.2) is 48.5 Å². The van der Waals surface area contributed by atoms with Gasteiger partial charge in [-0.2, -0.15) is 0 Å². The van der Waals surface area contributed by atoms with Gasteiger partial charge in [-0.25, -0.2) is 4.98 Å². The number of nitrogens with one attached hydrogen (secondary N) is 1. The fraction of sp³-hybridized carbons (Fsp3) is 0.250. The van der Waals surface area contributed by atoms with Gasteiger partial charge in [-0.3, -0.25) is 14.9 Å². The zero-order valence-electron chi connectivity index (χ0n) is 15.0. The van der Waals surface area contributed by atoms with E-state index in [1.165, 1.54) is 11.3 Å². The summed E-state index contributed by atoms with van der Waals surface area (Å²) in [5.41, 5.74) is 2.81. The van der Waals surface area contributed by atoms with Crippen LogP contribution < -0.4 is 5.32 Å². The summed E-state index contributed by atoms with van der Waals surface area (Å²) in [5.74, 6) is -0.455. The van der Waals surface area contributed by atoms with Crippen LogP contribution in [0.5, 0.6) is 0 Å². The minimum absolute atomic E-state index is 0.114. The molecule has 2 heterocycles. The average Bonchev–Trinajstić information content (AvgIpc) is 3.07. The zero-order valence-corrected chi connectivity index (χ0v) is 15.8. The van der Waals surface area contributed by atoms with Crippen molar-refractivity contribution in [1.82, 2.24) is 9.88 Å². The lowest BCUT2D eigenvalue weighted by atomic mass is 9.97. The highest BCUT2D eigenvalue weighted by Gasteiger charge is 2.40. The van der Waals surface area contributed by atoms with Gasteiger partial charge in [0.1, 0.15) is 6.61 Å². The lowest BCUT2D eigenvalue weighted by Gasteiger charge is -2.38. The summed E-state index contributed by atoms with van der Waals surface area (Å²) in [7, 11) is 1.70. The van der Waals surface area contributed by atoms with Crippen LogP contribution in [-0.4, -0.2) is 41.5 Å². The summed E-state index contributed by atoms with van der Waals surface area (Å²) in [6.45, 7) is 1.88. The molecule has 2 aromatic carbocycles. The molecular weight excluding hydrogens is 362 g/mol. The maximum atomic E-state index is 12.9. The summed E-state index contributed by atoms with van der Waals surface area (Å²) >= 11 is 1.41. The summed E-state index contributed by atoms with van der Waals surface area (Å²) in [4.78, 5) is 31.1. The van der Waals surface area contributed by atoms with Crippen molar-refractivity contribution in [1.29, 1.82) is 0 Å². The summed E-state index contributed by atoms with van der Waals surface area (Å²) in [6, 6.07) is 15.0. The van der Waals surface area contributed by atoms with Gasteiger partial charge in [0.15, 0.2) is 11.2 Å². The van der Waals surface area contributed by atoms with Crippen molar-refractivity contribution in [2.45, 2.75) is 19.1 Å². The molecule has 1 N–H and O–H groups in total. The van der Waals surface area contributed by atoms with Gasteiger partial charge in [0.25, 0.3) is 5.91 Å². The molecule has 2 amide bonds. The van der Waals surface area contributed by atoms with Gasteiger partial charge in [-0.15, -0.1) is 0 Å². The third-order valence-corrected chi connectivity index (χ3v) is 5.64. The second-order valence-electron chi connectivity index (χ2n) is 6.57. The summed E-state index contributed by atoms with van der Waals surface area (Å²) < 4.78 is 6.64. The molecule has 3 aromatic rings. The van der Waals surface area contributed by atoms with Gasteiger partial charge in [-0.05, 0) is 24.6 Å². The van der Waals surface area contributed by atoms with E-state index >= 15 is 0 Å². The minimum atomic E-state index is -0.803. The average molecular weight is 381 g/mol. The number of carbonyl (C=O) groups is 2. The lowest BCUT2D eigenvalue weighted by Crippen LogP contribution is -2.51. The highest BCUT2D eigenvalue weighted by molar-refractivity contribution is 7.22. The van der Waals surface area contributed by atoms with Crippen LogP contribution in [0.3, 0.4) is 0 Å². The molecule has 1 aliphatic heterocycles. The number of para-hydroxylation sites is 1. The molecule has 1 saturated heterocycles. The van der Waals surface area contributed by atoms with Gasteiger partial charge in [-0.1, -0.05) is 53.3 Å². The molecule has 27 heavy (non-hydrogen) atoms. The standard InChI is InChI=1S/C20H19N3O3S/c1-12-7-9-13(10-8-12)17-18(26-11-16(24)23(17)2)19(25)22-20-21-14-5-3-4-6-15(14)27-20/h3-10,17-18H,11H2,1-2H3,(H,21,22,25)/t17-,18-/m0/s1. The second kappa shape index (κ2) is 7.09. The Labute approximate surface area is 160 Å². The van der Waals surface area contributed by atoms with E-state index in [0.29, 0.717) is 5.13 Å². The third-order valence-electron chi connectivity index (χ3n) is 4.69. The maximum Gasteiger partial charge on any atom is 0.257 e. The van der Waals surface area contributed by atoms with Crippen LogP contribution in [0.2, 0.25) is 0 Å². The molecule has 1 fully saturated rings. The van der Waals surface area contributed by atoms with E-state index in [1.807, 2.05) is 55.5 Å². The summed E-state index contributed by atoms with van der Waals surface area (Å²) in [5, 5.41) is 3.37. The largest absolute Gasteiger partial charge is 0.356 e. The Morgan fingerprint density at radius 1 is 1.22 bits per heavy atom. The van der Waals surface area contributed by atoms with Gasteiger partial charge < -0.3 is 9.64 Å². The first kappa shape index (κ1) is 17.6. The van der Waals surface area contributed by atoms with Crippen molar-refractivity contribution in [3.8, 4) is 0 Å². The molecular formula is C20H19N3O3S. The molecule has 138 valence electrons. The molecule has 0 aliphatic carbocycles. The van der Waals surface area contributed by atoms with Crippen LogP contribution in [0.4, 0.5) is 5.13 Å². The fourth-order valence-corrected chi connectivity index (χ4v) is 4.06. The number of aromatic nitrogens is 1. The van der Waals surface area contributed by atoms with Crippen LogP contribution in [0.1, 0.15) is 17.2 Å². The number of fused-ring (bicyclic) bond motifs is 1. The Bertz CT molecular complexity index is 966. The number of ether oxygens (including phenoxy) is 1. The predicted octanol–water partition coefficient (Wildman–Crippen LogP) is 3.14. The molecule has 7 heteroatoms. The van der Waals surface area contributed by atoms with E-state index in [1.54, 1.807) is 11.9 Å². The summed E-state index contributed by atoms with van der Waals surface area (Å²) in [6.07, 6.45) is -0.803. The number of thiazole rings is 1. The predicted molar refractivity (Wildman–Crippen MR) is 105 cm³/mol. The number of benzene rings is 2. The quantitative estimate of drug-likeness (QED) is 0.757. The Morgan fingerprint density at radius 2 is 1.96 bits per heavy atom. The SMILES string of the molecule is Cc1ccc([C@H]2[C@@H](C(=O)Nc3nc4ccccc4s3)OCC(=O)N2C)cc1. The first-order valence-electron chi connectivity index (χ1n) is 8.63. The molecule has 2 atom stereocenters. The highest BCUT2D eigenvalue weighted by atomic mass is 32.1. The van der Waals surface area contributed by atoms with E-state index in [2.05, 4.69) is 10.3 Å². The Balaban J connectivity index is 1.61. The molecule has 0 saturated carbocycles. The number of likely N-dealkylation sites (N-methyl/N-ethyl adjacent to an activating group) is 1. The van der Waals surface area contributed by atoms with Crippen molar-refractivity contribution in [2.24, 2.45) is 0 Å². The van der Waals surface area contributed by atoms with Crippen molar-refractivity contribution in [3.05, 3.63) is 59.7 Å². The van der Waals surface area contributed by atoms with E-state index in [-0.39, 0.29) is 18.4 Å². The van der Waals surface area contributed by atoms with E-state index in [0.717, 1.165) is 21.3 Å². The molecule has 0 spiro atoms.